The standard InChI is InChI=1S/C20H19BrFN3O2S/c1-3-9-25-19(27)16-10-13(21)7-8-17(16)24-20(25)28-12(2)18(26)23-15-6-4-5-14(22)11-15/h4-8,10-12H,3,9H2,1-2H3,(H,23,26). The van der Waals surface area contributed by atoms with Gasteiger partial charge in [0.25, 0.3) is 5.56 Å². The maximum Gasteiger partial charge on any atom is 0.262 e. The van der Waals surface area contributed by atoms with Crippen LogP contribution in [0.4, 0.5) is 10.1 Å². The SMILES string of the molecule is CCCn1c(SC(C)C(=O)Nc2cccc(F)c2)nc2ccc(Br)cc2c1=O. The van der Waals surface area contributed by atoms with Crippen molar-refractivity contribution < 1.29 is 9.18 Å². The highest BCUT2D eigenvalue weighted by Crippen LogP contribution is 2.25. The lowest BCUT2D eigenvalue weighted by Gasteiger charge is -2.16. The molecule has 1 atom stereocenters. The van der Waals surface area contributed by atoms with Crippen LogP contribution in [0.3, 0.4) is 0 Å². The number of fused-ring (bicyclic) bond motifs is 1. The Morgan fingerprint density at radius 3 is 2.82 bits per heavy atom. The number of thioether (sulfide) groups is 1. The highest BCUT2D eigenvalue weighted by Gasteiger charge is 2.19. The summed E-state index contributed by atoms with van der Waals surface area (Å²) in [5, 5.41) is 3.19. The summed E-state index contributed by atoms with van der Waals surface area (Å²) in [6.07, 6.45) is 0.762. The lowest BCUT2D eigenvalue weighted by atomic mass is 10.2. The molecule has 1 amide bonds. The van der Waals surface area contributed by atoms with E-state index in [1.165, 1.54) is 30.0 Å². The van der Waals surface area contributed by atoms with Crippen molar-refractivity contribution in [2.24, 2.45) is 0 Å². The Hall–Kier alpha value is -2.19. The third-order valence-corrected chi connectivity index (χ3v) is 5.66. The number of hydrogen-bond acceptors (Lipinski definition) is 4. The molecule has 1 N–H and O–H groups in total. The number of halogens is 2. The molecule has 0 aliphatic carbocycles. The zero-order chi connectivity index (χ0) is 20.3. The fourth-order valence-corrected chi connectivity index (χ4v) is 4.00. The molecule has 0 aliphatic rings. The molecule has 1 heterocycles. The van der Waals surface area contributed by atoms with Gasteiger partial charge in [0, 0.05) is 16.7 Å². The van der Waals surface area contributed by atoms with Gasteiger partial charge in [-0.2, -0.15) is 0 Å². The van der Waals surface area contributed by atoms with E-state index in [1.807, 2.05) is 13.0 Å². The molecule has 5 nitrogen and oxygen atoms in total. The molecule has 0 aliphatic heterocycles. The number of benzene rings is 2. The van der Waals surface area contributed by atoms with Crippen LogP contribution in [0, 0.1) is 5.82 Å². The second-order valence-electron chi connectivity index (χ2n) is 6.27. The van der Waals surface area contributed by atoms with Crippen LogP contribution in [0.5, 0.6) is 0 Å². The van der Waals surface area contributed by atoms with Gasteiger partial charge in [0.2, 0.25) is 5.91 Å². The summed E-state index contributed by atoms with van der Waals surface area (Å²) in [6.45, 7) is 4.22. The lowest BCUT2D eigenvalue weighted by molar-refractivity contribution is -0.115. The number of carbonyl (C=O) groups excluding carboxylic acids is 1. The molecule has 0 bridgehead atoms. The van der Waals surface area contributed by atoms with Crippen LogP contribution >= 0.6 is 27.7 Å². The third kappa shape index (κ3) is 4.62. The lowest BCUT2D eigenvalue weighted by Crippen LogP contribution is -2.27. The second kappa shape index (κ2) is 8.87. The van der Waals surface area contributed by atoms with E-state index in [4.69, 9.17) is 0 Å². The molecule has 1 aromatic heterocycles. The van der Waals surface area contributed by atoms with Crippen molar-refractivity contribution in [3.8, 4) is 0 Å². The summed E-state index contributed by atoms with van der Waals surface area (Å²) in [4.78, 5) is 30.0. The molecule has 1 unspecified atom stereocenters. The average Bonchev–Trinajstić information content (AvgIpc) is 2.65. The van der Waals surface area contributed by atoms with Crippen molar-refractivity contribution in [1.82, 2.24) is 9.55 Å². The highest BCUT2D eigenvalue weighted by molar-refractivity contribution is 9.10. The van der Waals surface area contributed by atoms with E-state index < -0.39 is 11.1 Å². The molecule has 8 heteroatoms. The average molecular weight is 464 g/mol. The van der Waals surface area contributed by atoms with Crippen molar-refractivity contribution in [3.05, 3.63) is 63.1 Å². The molecule has 2 aromatic carbocycles. The molecule has 146 valence electrons. The minimum Gasteiger partial charge on any atom is -0.325 e. The molecule has 0 radical (unpaired) electrons. The first-order valence-electron chi connectivity index (χ1n) is 8.82. The minimum absolute atomic E-state index is 0.131. The van der Waals surface area contributed by atoms with Crippen molar-refractivity contribution in [3.63, 3.8) is 0 Å². The molecule has 3 aromatic rings. The number of aromatic nitrogens is 2. The van der Waals surface area contributed by atoms with E-state index in [-0.39, 0.29) is 11.5 Å². The van der Waals surface area contributed by atoms with Gasteiger partial charge in [-0.25, -0.2) is 9.37 Å². The van der Waals surface area contributed by atoms with Gasteiger partial charge in [-0.15, -0.1) is 0 Å². The predicted molar refractivity (Wildman–Crippen MR) is 114 cm³/mol. The molecule has 0 fully saturated rings. The minimum atomic E-state index is -0.522. The van der Waals surface area contributed by atoms with Crippen LogP contribution in [0.1, 0.15) is 20.3 Å². The number of nitrogens with zero attached hydrogens (tertiary/aromatic N) is 2. The maximum atomic E-state index is 13.3. The van der Waals surface area contributed by atoms with E-state index in [0.29, 0.717) is 28.3 Å². The first-order valence-corrected chi connectivity index (χ1v) is 10.5. The van der Waals surface area contributed by atoms with Gasteiger partial charge in [-0.3, -0.25) is 14.2 Å². The molecule has 0 saturated carbocycles. The first-order chi connectivity index (χ1) is 13.4. The number of hydrogen-bond donors (Lipinski definition) is 1. The topological polar surface area (TPSA) is 64.0 Å². The summed E-state index contributed by atoms with van der Waals surface area (Å²) in [5.74, 6) is -0.707. The molecule has 28 heavy (non-hydrogen) atoms. The van der Waals surface area contributed by atoms with Gasteiger partial charge in [0.05, 0.1) is 16.2 Å². The van der Waals surface area contributed by atoms with Gasteiger partial charge in [-0.1, -0.05) is 40.7 Å². The van der Waals surface area contributed by atoms with Crippen molar-refractivity contribution >= 4 is 50.2 Å². The Bertz CT molecular complexity index is 1090. The van der Waals surface area contributed by atoms with E-state index >= 15 is 0 Å². The summed E-state index contributed by atoms with van der Waals surface area (Å²) < 4.78 is 15.7. The van der Waals surface area contributed by atoms with Crippen molar-refractivity contribution in [2.75, 3.05) is 5.32 Å². The quantitative estimate of drug-likeness (QED) is 0.420. The number of nitrogens with one attached hydrogen (secondary N) is 1. The summed E-state index contributed by atoms with van der Waals surface area (Å²) >= 11 is 4.59. The first kappa shape index (κ1) is 20.5. The summed E-state index contributed by atoms with van der Waals surface area (Å²) in [6, 6.07) is 11.1. The Morgan fingerprint density at radius 1 is 1.32 bits per heavy atom. The Kier molecular flexibility index (Phi) is 6.51. The monoisotopic (exact) mass is 463 g/mol. The predicted octanol–water partition coefficient (Wildman–Crippen LogP) is 4.83. The van der Waals surface area contributed by atoms with Gasteiger partial charge >= 0.3 is 0 Å². The maximum absolute atomic E-state index is 13.3. The Balaban J connectivity index is 1.89. The van der Waals surface area contributed by atoms with Crippen LogP contribution in [0.15, 0.2) is 56.9 Å². The van der Waals surface area contributed by atoms with Crippen molar-refractivity contribution in [2.45, 2.75) is 37.2 Å². The highest BCUT2D eigenvalue weighted by atomic mass is 79.9. The van der Waals surface area contributed by atoms with Crippen LogP contribution in [0.2, 0.25) is 0 Å². The number of carbonyl (C=O) groups is 1. The summed E-state index contributed by atoms with van der Waals surface area (Å²) in [5.41, 5.74) is 0.842. The van der Waals surface area contributed by atoms with Crippen LogP contribution in [0.25, 0.3) is 10.9 Å². The second-order valence-corrected chi connectivity index (χ2v) is 8.50. The van der Waals surface area contributed by atoms with Crippen molar-refractivity contribution in [1.29, 1.82) is 0 Å². The molecule has 0 spiro atoms. The normalized spacial score (nSPS) is 12.1. The number of anilines is 1. The molecular formula is C20H19BrFN3O2S. The smallest absolute Gasteiger partial charge is 0.262 e. The largest absolute Gasteiger partial charge is 0.325 e. The fraction of sp³-hybridized carbons (Fsp3) is 0.250. The van der Waals surface area contributed by atoms with E-state index in [2.05, 4.69) is 26.2 Å². The van der Waals surface area contributed by atoms with Gasteiger partial charge in [0.15, 0.2) is 5.16 Å². The zero-order valence-electron chi connectivity index (χ0n) is 15.4. The van der Waals surface area contributed by atoms with E-state index in [1.54, 1.807) is 29.7 Å². The zero-order valence-corrected chi connectivity index (χ0v) is 17.8. The molecule has 0 saturated heterocycles. The van der Waals surface area contributed by atoms with E-state index in [9.17, 15) is 14.0 Å². The molecular weight excluding hydrogens is 445 g/mol. The van der Waals surface area contributed by atoms with Gasteiger partial charge in [0.1, 0.15) is 5.82 Å². The van der Waals surface area contributed by atoms with Crippen LogP contribution in [-0.2, 0) is 11.3 Å². The Morgan fingerprint density at radius 2 is 2.11 bits per heavy atom. The fourth-order valence-electron chi connectivity index (χ4n) is 2.71. The van der Waals surface area contributed by atoms with Gasteiger partial charge in [-0.05, 0) is 49.7 Å². The summed E-state index contributed by atoms with van der Waals surface area (Å²) in [7, 11) is 0. The van der Waals surface area contributed by atoms with E-state index in [0.717, 1.165) is 10.9 Å². The Labute approximate surface area is 174 Å². The number of amides is 1. The molecule has 3 rings (SSSR count). The van der Waals surface area contributed by atoms with Crippen LogP contribution in [-0.4, -0.2) is 20.7 Å². The van der Waals surface area contributed by atoms with Gasteiger partial charge < -0.3 is 5.32 Å². The van der Waals surface area contributed by atoms with Crippen LogP contribution < -0.4 is 10.9 Å². The number of rotatable bonds is 6. The third-order valence-electron chi connectivity index (χ3n) is 4.07.